The summed E-state index contributed by atoms with van der Waals surface area (Å²) in [5.74, 6) is -0.106. The maximum Gasteiger partial charge on any atom is 0.250 e. The third kappa shape index (κ3) is 4.94. The molecular weight excluding hydrogens is 468 g/mol. The highest BCUT2D eigenvalue weighted by molar-refractivity contribution is 5.96. The number of carbonyl (C=O) groups is 3. The van der Waals surface area contributed by atoms with Crippen LogP contribution < -0.4 is 4.90 Å². The van der Waals surface area contributed by atoms with E-state index in [0.29, 0.717) is 58.9 Å². The fourth-order valence-electron chi connectivity index (χ4n) is 5.95. The van der Waals surface area contributed by atoms with Crippen LogP contribution in [0.15, 0.2) is 60.7 Å². The van der Waals surface area contributed by atoms with E-state index >= 15 is 0 Å². The van der Waals surface area contributed by atoms with Gasteiger partial charge in [-0.05, 0) is 37.0 Å². The molecule has 3 fully saturated rings. The van der Waals surface area contributed by atoms with Gasteiger partial charge in [0.15, 0.2) is 0 Å². The van der Waals surface area contributed by atoms with E-state index in [2.05, 4.69) is 4.90 Å². The largest absolute Gasteiger partial charge is 0.378 e. The lowest BCUT2D eigenvalue weighted by atomic mass is 9.84. The van der Waals surface area contributed by atoms with Crippen LogP contribution in [0.5, 0.6) is 0 Å². The number of likely N-dealkylation sites (tertiary alicyclic amines) is 1. The second kappa shape index (κ2) is 10.9. The molecule has 0 aliphatic carbocycles. The topological polar surface area (TPSA) is 73.4 Å². The summed E-state index contributed by atoms with van der Waals surface area (Å²) in [7, 11) is 0. The van der Waals surface area contributed by atoms with Crippen molar-refractivity contribution in [3.05, 3.63) is 66.2 Å². The number of piperidine rings is 1. The van der Waals surface area contributed by atoms with Crippen molar-refractivity contribution in [1.82, 2.24) is 14.7 Å². The first-order chi connectivity index (χ1) is 18.0. The Morgan fingerprint density at radius 2 is 1.51 bits per heavy atom. The van der Waals surface area contributed by atoms with E-state index in [1.165, 1.54) is 0 Å². The normalized spacial score (nSPS) is 20.4. The fraction of sp³-hybridized carbons (Fsp3) is 0.483. The number of ether oxygens (including phenoxy) is 1. The minimum atomic E-state index is -0.752. The molecule has 3 aliphatic rings. The fourth-order valence-corrected chi connectivity index (χ4v) is 5.95. The molecule has 1 spiro atoms. The van der Waals surface area contributed by atoms with E-state index in [1.807, 2.05) is 72.5 Å². The van der Waals surface area contributed by atoms with E-state index < -0.39 is 5.54 Å². The van der Waals surface area contributed by atoms with Crippen molar-refractivity contribution in [1.29, 1.82) is 0 Å². The third-order valence-corrected chi connectivity index (χ3v) is 8.08. The minimum absolute atomic E-state index is 0.0137. The first-order valence-corrected chi connectivity index (χ1v) is 13.3. The van der Waals surface area contributed by atoms with Crippen molar-refractivity contribution in [3.8, 4) is 0 Å². The van der Waals surface area contributed by atoms with Gasteiger partial charge in [-0.2, -0.15) is 0 Å². The number of nitrogens with zero attached hydrogens (tertiary/aromatic N) is 4. The second-order valence-electron chi connectivity index (χ2n) is 10.1. The lowest BCUT2D eigenvalue weighted by Crippen LogP contribution is -2.58. The molecule has 3 heterocycles. The summed E-state index contributed by atoms with van der Waals surface area (Å²) in [6.07, 6.45) is 1.82. The molecule has 2 aromatic carbocycles. The Morgan fingerprint density at radius 1 is 0.892 bits per heavy atom. The lowest BCUT2D eigenvalue weighted by molar-refractivity contribution is -0.144. The predicted octanol–water partition coefficient (Wildman–Crippen LogP) is 2.71. The van der Waals surface area contributed by atoms with Gasteiger partial charge in [-0.15, -0.1) is 0 Å². The van der Waals surface area contributed by atoms with E-state index in [1.54, 1.807) is 9.80 Å². The van der Waals surface area contributed by atoms with Crippen molar-refractivity contribution < 1.29 is 19.1 Å². The molecular formula is C29H36N4O4. The SMILES string of the molecule is CCC(C(=O)N1CCC2(CC1)C(=O)N(CC(=O)N1CCOCC1)CN2c1ccccc1)c1ccccc1. The van der Waals surface area contributed by atoms with Crippen molar-refractivity contribution in [2.24, 2.45) is 0 Å². The molecule has 5 rings (SSSR count). The van der Waals surface area contributed by atoms with Gasteiger partial charge in [-0.3, -0.25) is 14.4 Å². The molecule has 3 amide bonds. The van der Waals surface area contributed by atoms with Crippen molar-refractivity contribution >= 4 is 23.4 Å². The van der Waals surface area contributed by atoms with Crippen molar-refractivity contribution in [3.63, 3.8) is 0 Å². The van der Waals surface area contributed by atoms with Crippen molar-refractivity contribution in [2.75, 3.05) is 57.5 Å². The highest BCUT2D eigenvalue weighted by Gasteiger charge is 2.54. The average molecular weight is 505 g/mol. The van der Waals surface area contributed by atoms with Gasteiger partial charge >= 0.3 is 0 Å². The molecule has 3 saturated heterocycles. The minimum Gasteiger partial charge on any atom is -0.378 e. The van der Waals surface area contributed by atoms with Crippen LogP contribution >= 0.6 is 0 Å². The van der Waals surface area contributed by atoms with Gasteiger partial charge in [0.1, 0.15) is 12.1 Å². The Morgan fingerprint density at radius 3 is 2.14 bits per heavy atom. The lowest BCUT2D eigenvalue weighted by Gasteiger charge is -2.44. The van der Waals surface area contributed by atoms with E-state index in [0.717, 1.165) is 17.7 Å². The molecule has 2 aromatic rings. The van der Waals surface area contributed by atoms with E-state index in [4.69, 9.17) is 4.74 Å². The highest BCUT2D eigenvalue weighted by Crippen LogP contribution is 2.40. The maximum absolute atomic E-state index is 14.0. The zero-order valence-corrected chi connectivity index (χ0v) is 21.6. The number of morpholine rings is 1. The van der Waals surface area contributed by atoms with Gasteiger partial charge in [-0.25, -0.2) is 0 Å². The van der Waals surface area contributed by atoms with Gasteiger partial charge in [0, 0.05) is 31.9 Å². The summed E-state index contributed by atoms with van der Waals surface area (Å²) >= 11 is 0. The number of para-hydroxylation sites is 1. The van der Waals surface area contributed by atoms with Crippen LogP contribution in [0.4, 0.5) is 5.69 Å². The van der Waals surface area contributed by atoms with Gasteiger partial charge in [-0.1, -0.05) is 55.5 Å². The Hall–Kier alpha value is -3.39. The molecule has 37 heavy (non-hydrogen) atoms. The maximum atomic E-state index is 14.0. The Balaban J connectivity index is 1.33. The summed E-state index contributed by atoms with van der Waals surface area (Å²) in [6.45, 7) is 5.70. The Kier molecular flexibility index (Phi) is 7.46. The molecule has 3 aliphatic heterocycles. The molecule has 0 aromatic heterocycles. The molecule has 0 bridgehead atoms. The molecule has 0 N–H and O–H groups in total. The Bertz CT molecular complexity index is 1100. The number of benzene rings is 2. The number of rotatable bonds is 6. The standard InChI is InChI=1S/C29H36N4O4/c1-2-25(23-9-5-3-6-10-23)27(35)31-15-13-29(14-16-31)28(36)32(21-26(34)30-17-19-37-20-18-30)22-33(29)24-11-7-4-8-12-24/h3-12,25H,2,13-22H2,1H3. The van der Waals surface area contributed by atoms with Crippen LogP contribution in [0.25, 0.3) is 0 Å². The summed E-state index contributed by atoms with van der Waals surface area (Å²) in [6, 6.07) is 19.9. The van der Waals surface area contributed by atoms with Gasteiger partial charge in [0.25, 0.3) is 5.91 Å². The molecule has 1 unspecified atom stereocenters. The van der Waals surface area contributed by atoms with Crippen molar-refractivity contribution in [2.45, 2.75) is 37.6 Å². The van der Waals surface area contributed by atoms with Crippen LogP contribution in [0, 0.1) is 0 Å². The summed E-state index contributed by atoms with van der Waals surface area (Å²) < 4.78 is 5.37. The number of amides is 3. The van der Waals surface area contributed by atoms with Crippen LogP contribution in [0.3, 0.4) is 0 Å². The monoisotopic (exact) mass is 504 g/mol. The number of hydrogen-bond acceptors (Lipinski definition) is 5. The first-order valence-electron chi connectivity index (χ1n) is 13.3. The summed E-state index contributed by atoms with van der Waals surface area (Å²) in [5.41, 5.74) is 1.25. The van der Waals surface area contributed by atoms with E-state index in [-0.39, 0.29) is 30.2 Å². The third-order valence-electron chi connectivity index (χ3n) is 8.08. The molecule has 0 radical (unpaired) electrons. The molecule has 196 valence electrons. The number of anilines is 1. The van der Waals surface area contributed by atoms with Crippen LogP contribution in [-0.2, 0) is 19.1 Å². The zero-order valence-electron chi connectivity index (χ0n) is 21.6. The highest BCUT2D eigenvalue weighted by atomic mass is 16.5. The Labute approximate surface area is 218 Å². The summed E-state index contributed by atoms with van der Waals surface area (Å²) in [4.78, 5) is 48.0. The zero-order chi connectivity index (χ0) is 25.8. The van der Waals surface area contributed by atoms with Crippen LogP contribution in [-0.4, -0.2) is 90.6 Å². The quantitative estimate of drug-likeness (QED) is 0.605. The van der Waals surface area contributed by atoms with Gasteiger partial charge < -0.3 is 24.3 Å². The summed E-state index contributed by atoms with van der Waals surface area (Å²) in [5, 5.41) is 0. The molecule has 0 saturated carbocycles. The van der Waals surface area contributed by atoms with Gasteiger partial charge in [0.2, 0.25) is 11.8 Å². The number of hydrogen-bond donors (Lipinski definition) is 0. The molecule has 8 nitrogen and oxygen atoms in total. The van der Waals surface area contributed by atoms with Crippen LogP contribution in [0.1, 0.15) is 37.7 Å². The molecule has 8 heteroatoms. The van der Waals surface area contributed by atoms with E-state index in [9.17, 15) is 14.4 Å². The smallest absolute Gasteiger partial charge is 0.250 e. The first kappa shape index (κ1) is 25.3. The predicted molar refractivity (Wildman–Crippen MR) is 141 cm³/mol. The second-order valence-corrected chi connectivity index (χ2v) is 10.1. The average Bonchev–Trinajstić information content (AvgIpc) is 3.21. The number of carbonyl (C=O) groups excluding carboxylic acids is 3. The van der Waals surface area contributed by atoms with Crippen LogP contribution in [0.2, 0.25) is 0 Å². The molecule has 1 atom stereocenters. The van der Waals surface area contributed by atoms with Gasteiger partial charge in [0.05, 0.1) is 25.8 Å².